The summed E-state index contributed by atoms with van der Waals surface area (Å²) in [6.45, 7) is 27.9. The minimum atomic E-state index is 0.00564. The van der Waals surface area contributed by atoms with Crippen LogP contribution in [0.15, 0.2) is 97.1 Å². The van der Waals surface area contributed by atoms with Gasteiger partial charge in [-0.15, -0.1) is 0 Å². The molecular formula is C63H94N4O5. The van der Waals surface area contributed by atoms with Crippen LogP contribution in [0.4, 0.5) is 0 Å². The van der Waals surface area contributed by atoms with Crippen LogP contribution in [0.1, 0.15) is 187 Å². The summed E-state index contributed by atoms with van der Waals surface area (Å²) in [5.41, 5.74) is 8.22. The van der Waals surface area contributed by atoms with Gasteiger partial charge in [0, 0.05) is 66.0 Å². The maximum atomic E-state index is 12.2. The Morgan fingerprint density at radius 2 is 0.708 bits per heavy atom. The SMILES string of the molecule is CC(C)CCCCCCC(=O)NCCc1ccc(C(=O)C(C)C)cc1.CC(C)NCCCc1ccc(CC(=O)NCCc2ccc(C(=O)C(C)C)cc2)cc1.CC(C)NCCc1ccc(C(=O)C(C)C)cc1. The van der Waals surface area contributed by atoms with Gasteiger partial charge in [0.1, 0.15) is 0 Å². The molecule has 0 fully saturated rings. The van der Waals surface area contributed by atoms with Crippen LogP contribution in [0.5, 0.6) is 0 Å². The highest BCUT2D eigenvalue weighted by atomic mass is 16.2. The van der Waals surface area contributed by atoms with Gasteiger partial charge in [-0.2, -0.15) is 0 Å². The quantitative estimate of drug-likeness (QED) is 0.0302. The third-order valence-electron chi connectivity index (χ3n) is 12.2. The number of amides is 2. The first-order valence-corrected chi connectivity index (χ1v) is 27.2. The molecule has 0 saturated heterocycles. The molecule has 0 bridgehead atoms. The van der Waals surface area contributed by atoms with Crippen LogP contribution < -0.4 is 21.3 Å². The molecule has 0 atom stereocenters. The van der Waals surface area contributed by atoms with E-state index < -0.39 is 0 Å². The van der Waals surface area contributed by atoms with Gasteiger partial charge in [-0.1, -0.05) is 206 Å². The molecule has 0 aromatic heterocycles. The summed E-state index contributed by atoms with van der Waals surface area (Å²) in [6.07, 6.45) is 11.7. The number of ketones is 3. The van der Waals surface area contributed by atoms with E-state index in [-0.39, 0.29) is 46.9 Å². The molecule has 9 heteroatoms. The Hall–Kier alpha value is -5.25. The third-order valence-corrected chi connectivity index (χ3v) is 12.2. The van der Waals surface area contributed by atoms with Crippen LogP contribution in [0.25, 0.3) is 0 Å². The smallest absolute Gasteiger partial charge is 0.224 e. The van der Waals surface area contributed by atoms with Gasteiger partial charge in [-0.05, 0) is 85.3 Å². The highest BCUT2D eigenvalue weighted by Gasteiger charge is 2.13. The van der Waals surface area contributed by atoms with Crippen molar-refractivity contribution >= 4 is 29.2 Å². The van der Waals surface area contributed by atoms with E-state index in [2.05, 4.69) is 99.2 Å². The zero-order valence-electron chi connectivity index (χ0n) is 46.6. The zero-order valence-corrected chi connectivity index (χ0v) is 46.6. The number of hydrogen-bond acceptors (Lipinski definition) is 7. The monoisotopic (exact) mass is 987 g/mol. The third kappa shape index (κ3) is 28.1. The Morgan fingerprint density at radius 3 is 1.11 bits per heavy atom. The average molecular weight is 987 g/mol. The van der Waals surface area contributed by atoms with E-state index in [4.69, 9.17) is 0 Å². The number of carbonyl (C=O) groups excluding carboxylic acids is 5. The molecule has 4 aromatic rings. The molecule has 0 radical (unpaired) electrons. The molecule has 0 aliphatic heterocycles. The lowest BCUT2D eigenvalue weighted by Crippen LogP contribution is -2.27. The minimum Gasteiger partial charge on any atom is -0.356 e. The summed E-state index contributed by atoms with van der Waals surface area (Å²) in [6, 6.07) is 32.8. The van der Waals surface area contributed by atoms with E-state index in [0.29, 0.717) is 38.0 Å². The Balaban J connectivity index is 0.000000384. The van der Waals surface area contributed by atoms with E-state index >= 15 is 0 Å². The van der Waals surface area contributed by atoms with Gasteiger partial charge in [0.2, 0.25) is 11.8 Å². The average Bonchev–Trinajstić information content (AvgIpc) is 3.34. The summed E-state index contributed by atoms with van der Waals surface area (Å²) in [7, 11) is 0. The van der Waals surface area contributed by atoms with E-state index in [1.807, 2.05) is 102 Å². The maximum Gasteiger partial charge on any atom is 0.224 e. The Bertz CT molecular complexity index is 2140. The standard InChI is InChI=1S/C26H36N2O2.C22H35NO2.C15H23NO/c1-19(2)26(30)24-13-11-22(12-14-24)15-17-28-25(29)18-23-9-7-21(8-10-23)6-5-16-27-20(3)4;1-17(2)9-7-5-6-8-10-21(24)23-16-15-19-11-13-20(14-12-19)22(25)18(3)4;1-11(2)15(17)14-7-5-13(6-8-14)9-10-16-12(3)4/h7-14,19-20,27H,5-6,15-18H2,1-4H3,(H,28,29);11-14,17-18H,5-10,15-16H2,1-4H3,(H,23,24);5-8,11-12,16H,9-10H2,1-4H3. The normalized spacial score (nSPS) is 11.1. The molecule has 396 valence electrons. The molecule has 4 rings (SSSR count). The molecule has 2 amide bonds. The van der Waals surface area contributed by atoms with Gasteiger partial charge in [-0.25, -0.2) is 0 Å². The summed E-state index contributed by atoms with van der Waals surface area (Å²) < 4.78 is 0. The molecule has 0 spiro atoms. The fourth-order valence-electron chi connectivity index (χ4n) is 7.74. The topological polar surface area (TPSA) is 133 Å². The van der Waals surface area contributed by atoms with Crippen molar-refractivity contribution in [2.24, 2.45) is 23.7 Å². The fraction of sp³-hybridized carbons (Fsp3) is 0.540. The molecule has 0 heterocycles. The molecule has 9 nitrogen and oxygen atoms in total. The van der Waals surface area contributed by atoms with Crippen molar-refractivity contribution in [3.63, 3.8) is 0 Å². The lowest BCUT2D eigenvalue weighted by atomic mass is 9.99. The first-order chi connectivity index (χ1) is 34.2. The van der Waals surface area contributed by atoms with Gasteiger partial charge in [0.15, 0.2) is 17.3 Å². The van der Waals surface area contributed by atoms with Crippen LogP contribution >= 0.6 is 0 Å². The minimum absolute atomic E-state index is 0.00564. The summed E-state index contributed by atoms with van der Waals surface area (Å²) in [5.74, 6) is 1.62. The number of nitrogens with one attached hydrogen (secondary N) is 4. The second-order valence-corrected chi connectivity index (χ2v) is 21.3. The van der Waals surface area contributed by atoms with Crippen LogP contribution in [0, 0.1) is 23.7 Å². The molecule has 0 aliphatic rings. The van der Waals surface area contributed by atoms with Gasteiger partial charge in [0.25, 0.3) is 0 Å². The van der Waals surface area contributed by atoms with Crippen LogP contribution in [-0.2, 0) is 41.7 Å². The summed E-state index contributed by atoms with van der Waals surface area (Å²) in [4.78, 5) is 59.7. The second-order valence-electron chi connectivity index (χ2n) is 21.3. The molecule has 0 saturated carbocycles. The fourth-order valence-corrected chi connectivity index (χ4v) is 7.74. The number of benzene rings is 4. The van der Waals surface area contributed by atoms with Crippen molar-refractivity contribution in [2.45, 2.75) is 172 Å². The number of Topliss-reactive ketones (excluding diaryl/α,β-unsaturated/α-hetero) is 3. The number of aryl methyl sites for hydroxylation is 1. The van der Waals surface area contributed by atoms with Crippen LogP contribution in [0.3, 0.4) is 0 Å². The van der Waals surface area contributed by atoms with E-state index in [1.165, 1.54) is 30.4 Å². The molecule has 4 aromatic carbocycles. The Kier molecular flexibility index (Phi) is 31.3. The van der Waals surface area contributed by atoms with Gasteiger partial charge >= 0.3 is 0 Å². The van der Waals surface area contributed by atoms with Crippen molar-refractivity contribution in [1.29, 1.82) is 0 Å². The summed E-state index contributed by atoms with van der Waals surface area (Å²) >= 11 is 0. The van der Waals surface area contributed by atoms with E-state index in [1.54, 1.807) is 0 Å². The number of rotatable bonds is 30. The lowest BCUT2D eigenvalue weighted by Gasteiger charge is -2.09. The van der Waals surface area contributed by atoms with Crippen molar-refractivity contribution in [1.82, 2.24) is 21.3 Å². The predicted octanol–water partition coefficient (Wildman–Crippen LogP) is 12.6. The van der Waals surface area contributed by atoms with Crippen molar-refractivity contribution in [3.05, 3.63) is 142 Å². The Labute approximate surface area is 436 Å². The Morgan fingerprint density at radius 1 is 0.361 bits per heavy atom. The maximum absolute atomic E-state index is 12.2. The lowest BCUT2D eigenvalue weighted by molar-refractivity contribution is -0.121. The molecule has 0 unspecified atom stereocenters. The largest absolute Gasteiger partial charge is 0.356 e. The van der Waals surface area contributed by atoms with Crippen LogP contribution in [-0.4, -0.2) is 67.4 Å². The molecule has 72 heavy (non-hydrogen) atoms. The second kappa shape index (κ2) is 35.8. The highest BCUT2D eigenvalue weighted by molar-refractivity contribution is 5.98. The summed E-state index contributed by atoms with van der Waals surface area (Å²) in [5, 5.41) is 12.8. The van der Waals surface area contributed by atoms with E-state index in [0.717, 1.165) is 97.3 Å². The molecule has 0 aliphatic carbocycles. The van der Waals surface area contributed by atoms with Crippen molar-refractivity contribution in [3.8, 4) is 0 Å². The van der Waals surface area contributed by atoms with Crippen molar-refractivity contribution < 1.29 is 24.0 Å². The zero-order chi connectivity index (χ0) is 53.4. The molecule has 4 N–H and O–H groups in total. The van der Waals surface area contributed by atoms with Gasteiger partial charge in [-0.3, -0.25) is 24.0 Å². The number of unbranched alkanes of at least 4 members (excludes halogenated alkanes) is 3. The highest BCUT2D eigenvalue weighted by Crippen LogP contribution is 2.15. The number of carbonyl (C=O) groups is 5. The van der Waals surface area contributed by atoms with Crippen LogP contribution in [0.2, 0.25) is 0 Å². The molecular weight excluding hydrogens is 893 g/mol. The van der Waals surface area contributed by atoms with Crippen molar-refractivity contribution in [2.75, 3.05) is 26.2 Å². The first kappa shape index (κ1) is 62.9. The predicted molar refractivity (Wildman–Crippen MR) is 301 cm³/mol. The first-order valence-electron chi connectivity index (χ1n) is 27.2. The van der Waals surface area contributed by atoms with E-state index in [9.17, 15) is 24.0 Å². The number of hydrogen-bond donors (Lipinski definition) is 4. The van der Waals surface area contributed by atoms with Gasteiger partial charge < -0.3 is 21.3 Å². The van der Waals surface area contributed by atoms with Gasteiger partial charge in [0.05, 0.1) is 6.42 Å².